The number of nitrogens with one attached hydrogen (secondary N) is 3. The van der Waals surface area contributed by atoms with Gasteiger partial charge in [-0.1, -0.05) is 12.8 Å². The summed E-state index contributed by atoms with van der Waals surface area (Å²) < 4.78 is 0. The highest BCUT2D eigenvalue weighted by molar-refractivity contribution is 5.42. The number of hydrogen-bond donors (Lipinski definition) is 5. The lowest BCUT2D eigenvalue weighted by Gasteiger charge is -2.60. The summed E-state index contributed by atoms with van der Waals surface area (Å²) in [6, 6.07) is 0. The maximum Gasteiger partial charge on any atom is 0.229 e. The minimum atomic E-state index is -0.0512. The van der Waals surface area contributed by atoms with E-state index in [2.05, 4.69) is 30.9 Å². The molecule has 0 aliphatic heterocycles. The molecule has 8 heteroatoms. The molecule has 4 aliphatic carbocycles. The van der Waals surface area contributed by atoms with Gasteiger partial charge in [0.05, 0.1) is 13.2 Å². The molecule has 5 rings (SSSR count). The van der Waals surface area contributed by atoms with Crippen LogP contribution in [-0.2, 0) is 0 Å². The minimum absolute atomic E-state index is 0.0512. The number of aliphatic hydroxyl groups is 2. The van der Waals surface area contributed by atoms with Crippen LogP contribution in [0.3, 0.4) is 0 Å². The number of aromatic nitrogens is 3. The Bertz CT molecular complexity index is 716. The van der Waals surface area contributed by atoms with E-state index in [4.69, 9.17) is 0 Å². The van der Waals surface area contributed by atoms with Crippen molar-refractivity contribution in [3.63, 3.8) is 0 Å². The average Bonchev–Trinajstić information content (AvgIpc) is 2.64. The molecule has 0 radical (unpaired) electrons. The Morgan fingerprint density at radius 3 is 1.40 bits per heavy atom. The van der Waals surface area contributed by atoms with Crippen molar-refractivity contribution in [2.75, 3.05) is 49.3 Å². The van der Waals surface area contributed by atoms with Crippen LogP contribution in [0.5, 0.6) is 0 Å². The molecule has 4 saturated carbocycles. The predicted octanol–water partition coefficient (Wildman–Crippen LogP) is 2.62. The highest BCUT2D eigenvalue weighted by atomic mass is 16.3. The molecule has 1 aromatic heterocycles. The van der Waals surface area contributed by atoms with Crippen molar-refractivity contribution >= 4 is 17.8 Å². The van der Waals surface area contributed by atoms with Crippen molar-refractivity contribution in [1.82, 2.24) is 15.0 Å². The number of anilines is 3. The summed E-state index contributed by atoms with van der Waals surface area (Å²) in [6.07, 6.45) is 12.3. The lowest BCUT2D eigenvalue weighted by atomic mass is 9.45. The van der Waals surface area contributed by atoms with Gasteiger partial charge in [-0.05, 0) is 62.2 Å². The first-order valence-corrected chi connectivity index (χ1v) is 11.6. The summed E-state index contributed by atoms with van der Waals surface area (Å²) in [6.45, 7) is 1.77. The molecule has 0 bridgehead atoms. The molecule has 1 heterocycles. The van der Waals surface area contributed by atoms with E-state index < -0.39 is 0 Å². The molecule has 0 atom stereocenters. The predicted molar refractivity (Wildman–Crippen MR) is 116 cm³/mol. The highest BCUT2D eigenvalue weighted by Crippen LogP contribution is 2.65. The van der Waals surface area contributed by atoms with Gasteiger partial charge < -0.3 is 26.2 Å². The Kier molecular flexibility index (Phi) is 4.85. The average molecular weight is 417 g/mol. The van der Waals surface area contributed by atoms with Crippen LogP contribution in [0.2, 0.25) is 0 Å². The first-order valence-electron chi connectivity index (χ1n) is 11.6. The molecule has 4 aliphatic rings. The summed E-state index contributed by atoms with van der Waals surface area (Å²) in [5, 5.41) is 29.7. The zero-order chi connectivity index (χ0) is 20.9. The van der Waals surface area contributed by atoms with E-state index in [0.29, 0.717) is 41.8 Å². The first kappa shape index (κ1) is 20.2. The molecule has 5 N–H and O–H groups in total. The normalized spacial score (nSPS) is 29.3. The van der Waals surface area contributed by atoms with Gasteiger partial charge in [0.25, 0.3) is 0 Å². The second kappa shape index (κ2) is 7.19. The third-order valence-electron chi connectivity index (χ3n) is 8.60. The van der Waals surface area contributed by atoms with Crippen LogP contribution in [0, 0.1) is 21.7 Å². The van der Waals surface area contributed by atoms with Crippen LogP contribution in [0.15, 0.2) is 0 Å². The fourth-order valence-electron chi connectivity index (χ4n) is 6.90. The molecule has 0 amide bonds. The summed E-state index contributed by atoms with van der Waals surface area (Å²) in [5.41, 5.74) is 0.909. The van der Waals surface area contributed by atoms with Crippen molar-refractivity contribution in [2.45, 2.75) is 64.2 Å². The highest BCUT2D eigenvalue weighted by Gasteiger charge is 2.57. The van der Waals surface area contributed by atoms with E-state index in [0.717, 1.165) is 25.7 Å². The topological polar surface area (TPSA) is 115 Å². The standard InChI is InChI=1S/C22H36N6O2/c1-23-16-26-17(24-12-21(14-29)8-19(9-21)4-2-5-19)28-18(27-16)25-13-22(15-30)10-20(11-22)6-3-7-20/h29-30H,2-15H2,1H3,(H3,23,24,25,26,27,28). The lowest BCUT2D eigenvalue weighted by molar-refractivity contribution is -0.113. The zero-order valence-electron chi connectivity index (χ0n) is 18.1. The monoisotopic (exact) mass is 416 g/mol. The summed E-state index contributed by atoms with van der Waals surface area (Å²) >= 11 is 0. The molecular weight excluding hydrogens is 380 g/mol. The molecule has 0 unspecified atom stereocenters. The molecule has 0 aromatic carbocycles. The second-order valence-corrected chi connectivity index (χ2v) is 11.0. The Morgan fingerprint density at radius 2 is 1.10 bits per heavy atom. The number of hydrogen-bond acceptors (Lipinski definition) is 8. The molecule has 1 aromatic rings. The molecule has 4 fully saturated rings. The summed E-state index contributed by atoms with van der Waals surface area (Å²) in [5.74, 6) is 1.57. The molecule has 2 spiro atoms. The Morgan fingerprint density at radius 1 is 0.700 bits per heavy atom. The quantitative estimate of drug-likeness (QED) is 0.417. The van der Waals surface area contributed by atoms with Crippen LogP contribution in [0.25, 0.3) is 0 Å². The molecule has 0 saturated heterocycles. The molecular formula is C22H36N6O2. The summed E-state index contributed by atoms with van der Waals surface area (Å²) in [7, 11) is 1.80. The SMILES string of the molecule is CNc1nc(NCC2(CO)CC3(CCC3)C2)nc(NCC2(CO)CC3(CCC3)C2)n1. The van der Waals surface area contributed by atoms with E-state index in [1.807, 2.05) is 0 Å². The maximum atomic E-state index is 9.98. The van der Waals surface area contributed by atoms with E-state index in [-0.39, 0.29) is 24.0 Å². The van der Waals surface area contributed by atoms with Gasteiger partial charge in [-0.2, -0.15) is 15.0 Å². The van der Waals surface area contributed by atoms with Crippen molar-refractivity contribution in [1.29, 1.82) is 0 Å². The van der Waals surface area contributed by atoms with Crippen LogP contribution < -0.4 is 16.0 Å². The van der Waals surface area contributed by atoms with Crippen LogP contribution >= 0.6 is 0 Å². The fourth-order valence-corrected chi connectivity index (χ4v) is 6.90. The smallest absolute Gasteiger partial charge is 0.229 e. The van der Waals surface area contributed by atoms with Crippen LogP contribution in [-0.4, -0.2) is 58.5 Å². The summed E-state index contributed by atoms with van der Waals surface area (Å²) in [4.78, 5) is 13.5. The Labute approximate surface area is 178 Å². The van der Waals surface area contributed by atoms with Gasteiger partial charge in [0.15, 0.2) is 0 Å². The van der Waals surface area contributed by atoms with Gasteiger partial charge in [-0.15, -0.1) is 0 Å². The van der Waals surface area contributed by atoms with Gasteiger partial charge in [-0.25, -0.2) is 0 Å². The second-order valence-electron chi connectivity index (χ2n) is 11.0. The van der Waals surface area contributed by atoms with Gasteiger partial charge in [0, 0.05) is 31.0 Å². The van der Waals surface area contributed by atoms with Crippen LogP contribution in [0.1, 0.15) is 64.2 Å². The number of nitrogens with zero attached hydrogens (tertiary/aromatic N) is 3. The molecule has 8 nitrogen and oxygen atoms in total. The van der Waals surface area contributed by atoms with E-state index >= 15 is 0 Å². The van der Waals surface area contributed by atoms with E-state index in [1.54, 1.807) is 7.05 Å². The van der Waals surface area contributed by atoms with Crippen LogP contribution in [0.4, 0.5) is 17.8 Å². The largest absolute Gasteiger partial charge is 0.396 e. The minimum Gasteiger partial charge on any atom is -0.396 e. The maximum absolute atomic E-state index is 9.98. The van der Waals surface area contributed by atoms with Crippen molar-refractivity contribution in [3.8, 4) is 0 Å². The van der Waals surface area contributed by atoms with Gasteiger partial charge in [-0.3, -0.25) is 0 Å². The fraction of sp³-hybridized carbons (Fsp3) is 0.864. The third kappa shape index (κ3) is 3.42. The van der Waals surface area contributed by atoms with Crippen molar-refractivity contribution in [3.05, 3.63) is 0 Å². The van der Waals surface area contributed by atoms with E-state index in [1.165, 1.54) is 38.5 Å². The molecule has 166 valence electrons. The zero-order valence-corrected chi connectivity index (χ0v) is 18.1. The third-order valence-corrected chi connectivity index (χ3v) is 8.60. The van der Waals surface area contributed by atoms with Gasteiger partial charge in [0.1, 0.15) is 0 Å². The number of aliphatic hydroxyl groups excluding tert-OH is 2. The number of rotatable bonds is 9. The molecule has 30 heavy (non-hydrogen) atoms. The Hall–Kier alpha value is -1.67. The first-order chi connectivity index (χ1) is 14.5. The lowest BCUT2D eigenvalue weighted by Crippen LogP contribution is -2.55. The van der Waals surface area contributed by atoms with E-state index in [9.17, 15) is 10.2 Å². The Balaban J connectivity index is 1.20. The van der Waals surface area contributed by atoms with Gasteiger partial charge >= 0.3 is 0 Å². The van der Waals surface area contributed by atoms with Crippen molar-refractivity contribution < 1.29 is 10.2 Å². The van der Waals surface area contributed by atoms with Crippen molar-refractivity contribution in [2.24, 2.45) is 21.7 Å². The van der Waals surface area contributed by atoms with Gasteiger partial charge in [0.2, 0.25) is 17.8 Å².